The molecule has 0 bridgehead atoms. The van der Waals surface area contributed by atoms with E-state index in [0.29, 0.717) is 30.3 Å². The number of nitrogens with one attached hydrogen (secondary N) is 1. The van der Waals surface area contributed by atoms with Crippen molar-refractivity contribution in [2.45, 2.75) is 64.2 Å². The van der Waals surface area contributed by atoms with Gasteiger partial charge in [0, 0.05) is 30.9 Å². The zero-order valence-corrected chi connectivity index (χ0v) is 15.7. The van der Waals surface area contributed by atoms with Crippen molar-refractivity contribution < 1.29 is 9.32 Å². The zero-order valence-electron chi connectivity index (χ0n) is 15.7. The summed E-state index contributed by atoms with van der Waals surface area (Å²) in [7, 11) is 0. The van der Waals surface area contributed by atoms with Crippen LogP contribution in [0, 0.1) is 0 Å². The third-order valence-electron chi connectivity index (χ3n) is 5.00. The highest BCUT2D eigenvalue weighted by Gasteiger charge is 2.22. The first-order chi connectivity index (χ1) is 13.1. The topological polar surface area (TPSA) is 98.2 Å². The van der Waals surface area contributed by atoms with E-state index in [1.54, 1.807) is 0 Å². The second kappa shape index (κ2) is 7.46. The van der Waals surface area contributed by atoms with Crippen molar-refractivity contribution in [3.05, 3.63) is 35.9 Å². The Kier molecular flexibility index (Phi) is 4.87. The zero-order chi connectivity index (χ0) is 18.8. The summed E-state index contributed by atoms with van der Waals surface area (Å²) < 4.78 is 7.21. The Morgan fingerprint density at radius 2 is 2.11 bits per heavy atom. The third kappa shape index (κ3) is 3.84. The normalized spacial score (nSPS) is 15.1. The summed E-state index contributed by atoms with van der Waals surface area (Å²) in [5.41, 5.74) is 1.48. The minimum atomic E-state index is -0.0888. The molecule has 1 N–H and O–H groups in total. The first kappa shape index (κ1) is 17.6. The van der Waals surface area contributed by atoms with Gasteiger partial charge in [0.15, 0.2) is 11.5 Å². The first-order valence-corrected chi connectivity index (χ1v) is 9.57. The van der Waals surface area contributed by atoms with Gasteiger partial charge in [-0.3, -0.25) is 9.20 Å². The molecule has 3 heterocycles. The molecule has 8 nitrogen and oxygen atoms in total. The average molecular weight is 368 g/mol. The second-order valence-electron chi connectivity index (χ2n) is 7.43. The lowest BCUT2D eigenvalue weighted by Crippen LogP contribution is -2.13. The van der Waals surface area contributed by atoms with Crippen LogP contribution in [0.5, 0.6) is 0 Å². The van der Waals surface area contributed by atoms with E-state index in [4.69, 9.17) is 4.52 Å². The molecule has 4 rings (SSSR count). The van der Waals surface area contributed by atoms with Crippen LogP contribution in [-0.2, 0) is 11.2 Å². The summed E-state index contributed by atoms with van der Waals surface area (Å²) in [6, 6.07) is 3.68. The van der Waals surface area contributed by atoms with E-state index in [1.165, 1.54) is 12.8 Å². The van der Waals surface area contributed by atoms with Gasteiger partial charge < -0.3 is 9.84 Å². The van der Waals surface area contributed by atoms with Crippen molar-refractivity contribution in [2.24, 2.45) is 0 Å². The van der Waals surface area contributed by atoms with Crippen LogP contribution < -0.4 is 5.32 Å². The van der Waals surface area contributed by atoms with E-state index in [2.05, 4.69) is 39.5 Å². The van der Waals surface area contributed by atoms with E-state index in [0.717, 1.165) is 30.1 Å². The van der Waals surface area contributed by atoms with E-state index in [1.807, 2.05) is 22.7 Å². The fourth-order valence-corrected chi connectivity index (χ4v) is 3.54. The number of carbonyl (C=O) groups excluding carboxylic acids is 1. The van der Waals surface area contributed by atoms with Crippen LogP contribution in [0.1, 0.15) is 75.3 Å². The van der Waals surface area contributed by atoms with Crippen molar-refractivity contribution in [3.63, 3.8) is 0 Å². The number of fused-ring (bicyclic) bond motifs is 1. The molecule has 142 valence electrons. The number of carbonyl (C=O) groups is 1. The van der Waals surface area contributed by atoms with Crippen molar-refractivity contribution in [3.8, 4) is 0 Å². The highest BCUT2D eigenvalue weighted by Crippen LogP contribution is 2.32. The van der Waals surface area contributed by atoms with E-state index >= 15 is 0 Å². The molecule has 0 aliphatic heterocycles. The highest BCUT2D eigenvalue weighted by atomic mass is 16.5. The number of aryl methyl sites for hydroxylation is 1. The molecule has 3 aromatic rings. The van der Waals surface area contributed by atoms with Crippen LogP contribution >= 0.6 is 0 Å². The van der Waals surface area contributed by atoms with Gasteiger partial charge in [-0.15, -0.1) is 10.2 Å². The average Bonchev–Trinajstić information content (AvgIpc) is 3.38. The lowest BCUT2D eigenvalue weighted by Gasteiger charge is -2.07. The van der Waals surface area contributed by atoms with Crippen molar-refractivity contribution in [1.29, 1.82) is 0 Å². The summed E-state index contributed by atoms with van der Waals surface area (Å²) in [6.45, 7) is 4.12. The lowest BCUT2D eigenvalue weighted by atomic mass is 10.1. The minimum Gasteiger partial charge on any atom is -0.339 e. The maximum Gasteiger partial charge on any atom is 0.227 e. The Bertz CT molecular complexity index is 939. The number of rotatable bonds is 6. The Hall–Kier alpha value is -2.77. The maximum atomic E-state index is 12.3. The molecule has 0 atom stereocenters. The molecule has 1 aliphatic carbocycles. The highest BCUT2D eigenvalue weighted by molar-refractivity contribution is 5.90. The number of hydrogen-bond donors (Lipinski definition) is 1. The Morgan fingerprint density at radius 1 is 1.30 bits per heavy atom. The second-order valence-corrected chi connectivity index (χ2v) is 7.43. The van der Waals surface area contributed by atoms with Crippen LogP contribution in [0.4, 0.5) is 5.69 Å². The summed E-state index contributed by atoms with van der Waals surface area (Å²) in [5.74, 6) is 2.77. The Balaban J connectivity index is 1.36. The molecule has 0 saturated heterocycles. The summed E-state index contributed by atoms with van der Waals surface area (Å²) in [4.78, 5) is 16.8. The standard InChI is InChI=1S/C19H24N6O2/c1-12(2)19-23-22-15-8-7-14(11-25(15)19)20-16(26)9-10-17-21-18(24-27-17)13-5-3-4-6-13/h7-8,11-13H,3-6,9-10H2,1-2H3,(H,20,26). The van der Waals surface area contributed by atoms with Crippen LogP contribution in [0.15, 0.2) is 22.9 Å². The monoisotopic (exact) mass is 368 g/mol. The van der Waals surface area contributed by atoms with Gasteiger partial charge in [-0.05, 0) is 25.0 Å². The summed E-state index contributed by atoms with van der Waals surface area (Å²) in [6.07, 6.45) is 7.31. The van der Waals surface area contributed by atoms with Crippen molar-refractivity contribution >= 4 is 17.2 Å². The Morgan fingerprint density at radius 3 is 2.89 bits per heavy atom. The quantitative estimate of drug-likeness (QED) is 0.715. The predicted molar refractivity (Wildman–Crippen MR) is 99.5 cm³/mol. The molecule has 1 saturated carbocycles. The molecule has 1 fully saturated rings. The molecule has 27 heavy (non-hydrogen) atoms. The van der Waals surface area contributed by atoms with E-state index in [-0.39, 0.29) is 11.8 Å². The Labute approximate surface area is 157 Å². The lowest BCUT2D eigenvalue weighted by molar-refractivity contribution is -0.116. The van der Waals surface area contributed by atoms with E-state index < -0.39 is 0 Å². The van der Waals surface area contributed by atoms with Crippen molar-refractivity contribution in [2.75, 3.05) is 5.32 Å². The number of pyridine rings is 1. The SMILES string of the molecule is CC(C)c1nnc2ccc(NC(=O)CCc3nc(C4CCCC4)no3)cn12. The van der Waals surface area contributed by atoms with Gasteiger partial charge in [0.2, 0.25) is 11.8 Å². The van der Waals surface area contributed by atoms with Crippen LogP contribution in [0.3, 0.4) is 0 Å². The number of hydrogen-bond acceptors (Lipinski definition) is 6. The van der Waals surface area contributed by atoms with Gasteiger partial charge in [0.1, 0.15) is 5.82 Å². The fraction of sp³-hybridized carbons (Fsp3) is 0.526. The van der Waals surface area contributed by atoms with Gasteiger partial charge in [0.05, 0.1) is 5.69 Å². The molecule has 1 aliphatic rings. The summed E-state index contributed by atoms with van der Waals surface area (Å²) >= 11 is 0. The molecular weight excluding hydrogens is 344 g/mol. The smallest absolute Gasteiger partial charge is 0.227 e. The molecule has 1 amide bonds. The molecular formula is C19H24N6O2. The van der Waals surface area contributed by atoms with E-state index in [9.17, 15) is 4.79 Å². The van der Waals surface area contributed by atoms with Crippen molar-refractivity contribution in [1.82, 2.24) is 24.7 Å². The maximum absolute atomic E-state index is 12.3. The molecule has 3 aromatic heterocycles. The predicted octanol–water partition coefficient (Wildman–Crippen LogP) is 3.46. The fourth-order valence-electron chi connectivity index (χ4n) is 3.54. The van der Waals surface area contributed by atoms with Crippen LogP contribution in [-0.4, -0.2) is 30.6 Å². The molecule has 0 radical (unpaired) electrons. The largest absolute Gasteiger partial charge is 0.339 e. The number of anilines is 1. The van der Waals surface area contributed by atoms with Gasteiger partial charge in [0.25, 0.3) is 0 Å². The number of amides is 1. The third-order valence-corrected chi connectivity index (χ3v) is 5.00. The molecule has 8 heteroatoms. The van der Waals surface area contributed by atoms with Crippen LogP contribution in [0.2, 0.25) is 0 Å². The van der Waals surface area contributed by atoms with Gasteiger partial charge in [-0.1, -0.05) is 31.8 Å². The van der Waals surface area contributed by atoms with Gasteiger partial charge in [-0.25, -0.2) is 0 Å². The number of nitrogens with zero attached hydrogens (tertiary/aromatic N) is 5. The number of aromatic nitrogens is 5. The minimum absolute atomic E-state index is 0.0888. The molecule has 0 spiro atoms. The summed E-state index contributed by atoms with van der Waals surface area (Å²) in [5, 5.41) is 15.3. The van der Waals surface area contributed by atoms with Gasteiger partial charge in [-0.2, -0.15) is 4.98 Å². The van der Waals surface area contributed by atoms with Gasteiger partial charge >= 0.3 is 0 Å². The molecule has 0 aromatic carbocycles. The first-order valence-electron chi connectivity index (χ1n) is 9.57. The molecule has 0 unspecified atom stereocenters. The van der Waals surface area contributed by atoms with Crippen LogP contribution in [0.25, 0.3) is 5.65 Å².